The minimum absolute atomic E-state index is 0.0269. The summed E-state index contributed by atoms with van der Waals surface area (Å²) in [6.07, 6.45) is 0.720. The first-order chi connectivity index (χ1) is 14.7. The van der Waals surface area contributed by atoms with E-state index in [-0.39, 0.29) is 26.5 Å². The van der Waals surface area contributed by atoms with Crippen LogP contribution in [-0.2, 0) is 16.6 Å². The Labute approximate surface area is 191 Å². The molecule has 0 aliphatic heterocycles. The molecule has 1 aromatic heterocycles. The molecule has 0 unspecified atom stereocenters. The molecule has 1 heterocycles. The van der Waals surface area contributed by atoms with E-state index in [2.05, 4.69) is 15.1 Å². The molecule has 2 N–H and O–H groups in total. The van der Waals surface area contributed by atoms with Gasteiger partial charge in [0.25, 0.3) is 15.9 Å². The average molecular weight is 481 g/mol. The number of carbonyl (C=O) groups is 1. The summed E-state index contributed by atoms with van der Waals surface area (Å²) in [5.41, 5.74) is 2.65. The number of hydrogen-bond acceptors (Lipinski definition) is 4. The average Bonchev–Trinajstić information content (AvgIpc) is 3.04. The number of sulfonamides is 1. The molecule has 31 heavy (non-hydrogen) atoms. The highest BCUT2D eigenvalue weighted by molar-refractivity contribution is 7.92. The van der Waals surface area contributed by atoms with Gasteiger partial charge in [0.15, 0.2) is 0 Å². The van der Waals surface area contributed by atoms with Crippen LogP contribution in [0.1, 0.15) is 28.2 Å². The molecule has 3 aromatic rings. The van der Waals surface area contributed by atoms with Gasteiger partial charge in [-0.05, 0) is 62.7 Å². The smallest absolute Gasteiger partial charge is 0.261 e. The van der Waals surface area contributed by atoms with Crippen LogP contribution in [0.5, 0.6) is 0 Å². The van der Waals surface area contributed by atoms with Crippen molar-refractivity contribution in [2.75, 3.05) is 11.3 Å². The molecule has 1 amide bonds. The van der Waals surface area contributed by atoms with Crippen molar-refractivity contribution < 1.29 is 13.2 Å². The van der Waals surface area contributed by atoms with Crippen molar-refractivity contribution >= 4 is 44.8 Å². The van der Waals surface area contributed by atoms with E-state index in [9.17, 15) is 13.2 Å². The van der Waals surface area contributed by atoms with Gasteiger partial charge in [0.1, 0.15) is 0 Å². The molecule has 0 radical (unpaired) electrons. The molecule has 0 saturated carbocycles. The van der Waals surface area contributed by atoms with E-state index in [1.165, 1.54) is 24.3 Å². The standard InChI is InChI=1S/C21H22Cl2N4O3S/c1-14-11-15(2)27(25-14)10-4-9-24-21(28)16-5-3-6-17(12-16)26-31(29,30)18-7-8-19(22)20(23)13-18/h3,5-8,11-13,26H,4,9-10H2,1-2H3,(H,24,28). The highest BCUT2D eigenvalue weighted by atomic mass is 35.5. The van der Waals surface area contributed by atoms with Gasteiger partial charge in [-0.1, -0.05) is 29.3 Å². The summed E-state index contributed by atoms with van der Waals surface area (Å²) < 4.78 is 29.6. The number of rotatable bonds is 8. The predicted molar refractivity (Wildman–Crippen MR) is 122 cm³/mol. The van der Waals surface area contributed by atoms with Crippen molar-refractivity contribution in [3.63, 3.8) is 0 Å². The molecular formula is C21H22Cl2N4O3S. The summed E-state index contributed by atoms with van der Waals surface area (Å²) in [6, 6.07) is 12.3. The number of aromatic nitrogens is 2. The first-order valence-electron chi connectivity index (χ1n) is 9.53. The lowest BCUT2D eigenvalue weighted by molar-refractivity contribution is 0.0952. The Morgan fingerprint density at radius 1 is 1.06 bits per heavy atom. The van der Waals surface area contributed by atoms with E-state index in [0.717, 1.165) is 17.8 Å². The Morgan fingerprint density at radius 2 is 1.84 bits per heavy atom. The number of amides is 1. The van der Waals surface area contributed by atoms with Crippen molar-refractivity contribution in [2.24, 2.45) is 0 Å². The quantitative estimate of drug-likeness (QED) is 0.466. The van der Waals surface area contributed by atoms with Crippen molar-refractivity contribution in [3.8, 4) is 0 Å². The summed E-state index contributed by atoms with van der Waals surface area (Å²) >= 11 is 11.8. The fraction of sp³-hybridized carbons (Fsp3) is 0.238. The molecule has 0 bridgehead atoms. The molecule has 7 nitrogen and oxygen atoms in total. The topological polar surface area (TPSA) is 93.1 Å². The normalized spacial score (nSPS) is 11.4. The van der Waals surface area contributed by atoms with Gasteiger partial charge in [0.05, 0.1) is 20.6 Å². The predicted octanol–water partition coefficient (Wildman–Crippen LogP) is 4.43. The van der Waals surface area contributed by atoms with Crippen molar-refractivity contribution in [3.05, 3.63) is 75.5 Å². The molecule has 0 saturated heterocycles. The molecule has 164 valence electrons. The molecule has 0 fully saturated rings. The molecule has 0 aliphatic carbocycles. The summed E-state index contributed by atoms with van der Waals surface area (Å²) in [5.74, 6) is -0.288. The Kier molecular flexibility index (Phi) is 7.25. The lowest BCUT2D eigenvalue weighted by Crippen LogP contribution is -2.25. The highest BCUT2D eigenvalue weighted by Gasteiger charge is 2.16. The molecule has 10 heteroatoms. The molecule has 0 atom stereocenters. The van der Waals surface area contributed by atoms with Crippen LogP contribution in [0, 0.1) is 13.8 Å². The fourth-order valence-electron chi connectivity index (χ4n) is 3.02. The van der Waals surface area contributed by atoms with E-state index < -0.39 is 10.0 Å². The third-order valence-corrected chi connectivity index (χ3v) is 6.63. The maximum atomic E-state index is 12.6. The number of hydrogen-bond donors (Lipinski definition) is 2. The number of anilines is 1. The van der Waals surface area contributed by atoms with Crippen LogP contribution in [0.25, 0.3) is 0 Å². The Balaban J connectivity index is 1.60. The lowest BCUT2D eigenvalue weighted by Gasteiger charge is -2.11. The van der Waals surface area contributed by atoms with E-state index >= 15 is 0 Å². The summed E-state index contributed by atoms with van der Waals surface area (Å²) in [6.45, 7) is 5.09. The van der Waals surface area contributed by atoms with E-state index in [1.54, 1.807) is 18.2 Å². The van der Waals surface area contributed by atoms with Gasteiger partial charge >= 0.3 is 0 Å². The zero-order chi connectivity index (χ0) is 22.6. The van der Waals surface area contributed by atoms with Crippen molar-refractivity contribution in [2.45, 2.75) is 31.7 Å². The third kappa shape index (κ3) is 6.00. The Morgan fingerprint density at radius 3 is 2.52 bits per heavy atom. The van der Waals surface area contributed by atoms with Crippen LogP contribution < -0.4 is 10.0 Å². The largest absolute Gasteiger partial charge is 0.352 e. The fourth-order valence-corrected chi connectivity index (χ4v) is 4.45. The van der Waals surface area contributed by atoms with Crippen LogP contribution in [0.2, 0.25) is 10.0 Å². The van der Waals surface area contributed by atoms with Gasteiger partial charge in [0.2, 0.25) is 0 Å². The number of nitrogens with one attached hydrogen (secondary N) is 2. The van der Waals surface area contributed by atoms with Crippen LogP contribution in [0.3, 0.4) is 0 Å². The van der Waals surface area contributed by atoms with Gasteiger partial charge in [-0.25, -0.2) is 8.42 Å². The second-order valence-corrected chi connectivity index (χ2v) is 9.52. The summed E-state index contributed by atoms with van der Waals surface area (Å²) in [5, 5.41) is 7.63. The van der Waals surface area contributed by atoms with Crippen LogP contribution in [0.4, 0.5) is 5.69 Å². The SMILES string of the molecule is Cc1cc(C)n(CCCNC(=O)c2cccc(NS(=O)(=O)c3ccc(Cl)c(Cl)c3)c2)n1. The zero-order valence-electron chi connectivity index (χ0n) is 17.0. The molecule has 0 spiro atoms. The summed E-state index contributed by atoms with van der Waals surface area (Å²) in [7, 11) is -3.88. The van der Waals surface area contributed by atoms with E-state index in [0.29, 0.717) is 18.7 Å². The lowest BCUT2D eigenvalue weighted by atomic mass is 10.2. The Hall–Kier alpha value is -2.55. The summed E-state index contributed by atoms with van der Waals surface area (Å²) in [4.78, 5) is 12.4. The maximum Gasteiger partial charge on any atom is 0.261 e. The van der Waals surface area contributed by atoms with Crippen molar-refractivity contribution in [1.29, 1.82) is 0 Å². The van der Waals surface area contributed by atoms with Gasteiger partial charge < -0.3 is 5.32 Å². The van der Waals surface area contributed by atoms with Gasteiger partial charge in [0, 0.05) is 30.0 Å². The molecule has 0 aliphatic rings. The molecule has 3 rings (SSSR count). The zero-order valence-corrected chi connectivity index (χ0v) is 19.4. The minimum atomic E-state index is -3.88. The van der Waals surface area contributed by atoms with E-state index in [1.807, 2.05) is 24.6 Å². The molecule has 2 aromatic carbocycles. The number of carbonyl (C=O) groups excluding carboxylic acids is 1. The van der Waals surface area contributed by atoms with Crippen LogP contribution >= 0.6 is 23.2 Å². The maximum absolute atomic E-state index is 12.6. The number of aryl methyl sites for hydroxylation is 3. The number of benzene rings is 2. The van der Waals surface area contributed by atoms with Gasteiger partial charge in [-0.2, -0.15) is 5.10 Å². The monoisotopic (exact) mass is 480 g/mol. The highest BCUT2D eigenvalue weighted by Crippen LogP contribution is 2.26. The third-order valence-electron chi connectivity index (χ3n) is 4.51. The Bertz CT molecular complexity index is 1210. The van der Waals surface area contributed by atoms with Gasteiger partial charge in [-0.15, -0.1) is 0 Å². The number of halogens is 2. The second kappa shape index (κ2) is 9.72. The first kappa shape index (κ1) is 23.1. The second-order valence-electron chi connectivity index (χ2n) is 7.02. The first-order valence-corrected chi connectivity index (χ1v) is 11.8. The van der Waals surface area contributed by atoms with Crippen molar-refractivity contribution in [1.82, 2.24) is 15.1 Å². The number of nitrogens with zero attached hydrogens (tertiary/aromatic N) is 2. The molecular weight excluding hydrogens is 459 g/mol. The van der Waals surface area contributed by atoms with Gasteiger partial charge in [-0.3, -0.25) is 14.2 Å². The van der Waals surface area contributed by atoms with Crippen LogP contribution in [-0.4, -0.2) is 30.7 Å². The van der Waals surface area contributed by atoms with E-state index in [4.69, 9.17) is 23.2 Å². The minimum Gasteiger partial charge on any atom is -0.352 e. The van der Waals surface area contributed by atoms with Crippen LogP contribution in [0.15, 0.2) is 53.4 Å².